The van der Waals surface area contributed by atoms with Crippen molar-refractivity contribution in [3.8, 4) is 0 Å². The van der Waals surface area contributed by atoms with E-state index < -0.39 is 0 Å². The average molecular weight is 113 g/mol. The molecule has 0 amide bonds. The Hall–Kier alpha value is -0.0400. The SMILES string of the molecule is C[C@H]1C[C@@H](N)[C@@H](C)C1. The van der Waals surface area contributed by atoms with E-state index in [1.54, 1.807) is 0 Å². The van der Waals surface area contributed by atoms with Crippen molar-refractivity contribution in [3.05, 3.63) is 0 Å². The van der Waals surface area contributed by atoms with Crippen molar-refractivity contribution in [2.24, 2.45) is 17.6 Å². The summed E-state index contributed by atoms with van der Waals surface area (Å²) < 4.78 is 0. The molecule has 0 aromatic heterocycles. The molecule has 8 heavy (non-hydrogen) atoms. The van der Waals surface area contributed by atoms with E-state index in [4.69, 9.17) is 5.73 Å². The van der Waals surface area contributed by atoms with Crippen molar-refractivity contribution < 1.29 is 0 Å². The molecule has 0 aliphatic heterocycles. The van der Waals surface area contributed by atoms with Gasteiger partial charge in [-0.3, -0.25) is 0 Å². The summed E-state index contributed by atoms with van der Waals surface area (Å²) in [5.41, 5.74) is 5.77. The fourth-order valence-corrected chi connectivity index (χ4v) is 1.60. The first kappa shape index (κ1) is 6.09. The second-order valence-electron chi connectivity index (χ2n) is 3.22. The smallest absolute Gasteiger partial charge is 0.00671 e. The zero-order valence-electron chi connectivity index (χ0n) is 5.72. The first-order chi connectivity index (χ1) is 3.70. The van der Waals surface area contributed by atoms with Crippen molar-refractivity contribution in [1.82, 2.24) is 0 Å². The molecule has 2 N–H and O–H groups in total. The highest BCUT2D eigenvalue weighted by atomic mass is 14.7. The van der Waals surface area contributed by atoms with Crippen LogP contribution in [0.3, 0.4) is 0 Å². The van der Waals surface area contributed by atoms with E-state index in [-0.39, 0.29) is 0 Å². The summed E-state index contributed by atoms with van der Waals surface area (Å²) in [6, 6.07) is 0.491. The summed E-state index contributed by atoms with van der Waals surface area (Å²) in [7, 11) is 0. The van der Waals surface area contributed by atoms with E-state index in [2.05, 4.69) is 13.8 Å². The zero-order valence-corrected chi connectivity index (χ0v) is 5.72. The van der Waals surface area contributed by atoms with Gasteiger partial charge in [0, 0.05) is 6.04 Å². The predicted octanol–water partition coefficient (Wildman–Crippen LogP) is 1.38. The van der Waals surface area contributed by atoms with Crippen molar-refractivity contribution >= 4 is 0 Å². The van der Waals surface area contributed by atoms with Crippen LogP contribution < -0.4 is 5.73 Å². The minimum absolute atomic E-state index is 0.491. The molecular formula is C7H15N. The summed E-state index contributed by atoms with van der Waals surface area (Å²) in [6.07, 6.45) is 2.57. The second kappa shape index (κ2) is 2.06. The Morgan fingerprint density at radius 1 is 1.25 bits per heavy atom. The van der Waals surface area contributed by atoms with E-state index in [1.807, 2.05) is 0 Å². The van der Waals surface area contributed by atoms with E-state index in [9.17, 15) is 0 Å². The first-order valence-corrected chi connectivity index (χ1v) is 3.45. The first-order valence-electron chi connectivity index (χ1n) is 3.45. The van der Waals surface area contributed by atoms with Gasteiger partial charge >= 0.3 is 0 Å². The molecule has 1 aliphatic carbocycles. The molecule has 0 aromatic rings. The molecule has 0 bridgehead atoms. The normalized spacial score (nSPS) is 47.6. The molecule has 1 fully saturated rings. The average Bonchev–Trinajstić information content (AvgIpc) is 1.85. The Morgan fingerprint density at radius 2 is 1.88 bits per heavy atom. The van der Waals surface area contributed by atoms with Crippen LogP contribution in [0.5, 0.6) is 0 Å². The van der Waals surface area contributed by atoms with Gasteiger partial charge in [0.05, 0.1) is 0 Å². The highest BCUT2D eigenvalue weighted by molar-refractivity contribution is 4.80. The van der Waals surface area contributed by atoms with Gasteiger partial charge in [0.2, 0.25) is 0 Å². The van der Waals surface area contributed by atoms with Crippen molar-refractivity contribution in [3.63, 3.8) is 0 Å². The maximum atomic E-state index is 5.77. The third-order valence-electron chi connectivity index (χ3n) is 2.18. The van der Waals surface area contributed by atoms with E-state index in [0.717, 1.165) is 11.8 Å². The van der Waals surface area contributed by atoms with Gasteiger partial charge in [-0.15, -0.1) is 0 Å². The number of hydrogen-bond acceptors (Lipinski definition) is 1. The molecule has 1 saturated carbocycles. The summed E-state index contributed by atoms with van der Waals surface area (Å²) in [5, 5.41) is 0. The minimum Gasteiger partial charge on any atom is -0.327 e. The van der Waals surface area contributed by atoms with Gasteiger partial charge in [0.1, 0.15) is 0 Å². The molecule has 0 aromatic carbocycles. The largest absolute Gasteiger partial charge is 0.327 e. The maximum absolute atomic E-state index is 5.77. The van der Waals surface area contributed by atoms with Crippen molar-refractivity contribution in [2.75, 3.05) is 0 Å². The lowest BCUT2D eigenvalue weighted by atomic mass is 10.1. The van der Waals surface area contributed by atoms with Crippen LogP contribution in [0.4, 0.5) is 0 Å². The molecule has 1 heteroatoms. The Kier molecular flexibility index (Phi) is 1.57. The Labute approximate surface area is 51.3 Å². The Bertz CT molecular complexity index is 70.5. The summed E-state index contributed by atoms with van der Waals surface area (Å²) in [5.74, 6) is 1.64. The lowest BCUT2D eigenvalue weighted by Gasteiger charge is -2.05. The van der Waals surface area contributed by atoms with Gasteiger partial charge in [-0.2, -0.15) is 0 Å². The molecule has 0 unspecified atom stereocenters. The van der Waals surface area contributed by atoms with Crippen molar-refractivity contribution in [2.45, 2.75) is 32.7 Å². The quantitative estimate of drug-likeness (QED) is 0.504. The predicted molar refractivity (Wildman–Crippen MR) is 35.5 cm³/mol. The zero-order chi connectivity index (χ0) is 6.15. The van der Waals surface area contributed by atoms with Crippen LogP contribution in [0, 0.1) is 11.8 Å². The fraction of sp³-hybridized carbons (Fsp3) is 1.00. The molecule has 1 nitrogen and oxygen atoms in total. The third-order valence-corrected chi connectivity index (χ3v) is 2.18. The van der Waals surface area contributed by atoms with Crippen LogP contribution in [0.25, 0.3) is 0 Å². The standard InChI is InChI=1S/C7H15N/c1-5-3-6(2)7(8)4-5/h5-7H,3-4,8H2,1-2H3/t5-,6+,7-/m1/s1. The highest BCUT2D eigenvalue weighted by Crippen LogP contribution is 2.28. The van der Waals surface area contributed by atoms with Crippen LogP contribution in [-0.4, -0.2) is 6.04 Å². The van der Waals surface area contributed by atoms with Gasteiger partial charge in [-0.25, -0.2) is 0 Å². The number of rotatable bonds is 0. The Morgan fingerprint density at radius 3 is 2.00 bits per heavy atom. The van der Waals surface area contributed by atoms with Gasteiger partial charge in [0.25, 0.3) is 0 Å². The molecule has 3 atom stereocenters. The molecule has 1 rings (SSSR count). The molecule has 48 valence electrons. The van der Waals surface area contributed by atoms with Crippen LogP contribution >= 0.6 is 0 Å². The monoisotopic (exact) mass is 113 g/mol. The van der Waals surface area contributed by atoms with E-state index in [0.29, 0.717) is 6.04 Å². The van der Waals surface area contributed by atoms with Crippen LogP contribution in [0.15, 0.2) is 0 Å². The lowest BCUT2D eigenvalue weighted by molar-refractivity contribution is 0.522. The van der Waals surface area contributed by atoms with E-state index in [1.165, 1.54) is 12.8 Å². The molecular weight excluding hydrogens is 98.1 g/mol. The summed E-state index contributed by atoms with van der Waals surface area (Å²) in [6.45, 7) is 4.53. The number of hydrogen-bond donors (Lipinski definition) is 1. The molecule has 1 aliphatic rings. The highest BCUT2D eigenvalue weighted by Gasteiger charge is 2.24. The van der Waals surface area contributed by atoms with Gasteiger partial charge in [-0.05, 0) is 24.7 Å². The molecule has 0 spiro atoms. The van der Waals surface area contributed by atoms with E-state index >= 15 is 0 Å². The lowest BCUT2D eigenvalue weighted by Crippen LogP contribution is -2.21. The topological polar surface area (TPSA) is 26.0 Å². The molecule has 0 heterocycles. The van der Waals surface area contributed by atoms with Gasteiger partial charge in [0.15, 0.2) is 0 Å². The van der Waals surface area contributed by atoms with Crippen LogP contribution in [-0.2, 0) is 0 Å². The van der Waals surface area contributed by atoms with Crippen molar-refractivity contribution in [1.29, 1.82) is 0 Å². The molecule has 0 saturated heterocycles. The molecule has 0 radical (unpaired) electrons. The number of nitrogens with two attached hydrogens (primary N) is 1. The maximum Gasteiger partial charge on any atom is 0.00671 e. The van der Waals surface area contributed by atoms with Crippen LogP contribution in [0.2, 0.25) is 0 Å². The minimum atomic E-state index is 0.491. The third kappa shape index (κ3) is 1.03. The Balaban J connectivity index is 2.39. The summed E-state index contributed by atoms with van der Waals surface area (Å²) >= 11 is 0. The van der Waals surface area contributed by atoms with Gasteiger partial charge < -0.3 is 5.73 Å². The summed E-state index contributed by atoms with van der Waals surface area (Å²) in [4.78, 5) is 0. The fourth-order valence-electron chi connectivity index (χ4n) is 1.60. The van der Waals surface area contributed by atoms with Crippen LogP contribution in [0.1, 0.15) is 26.7 Å². The second-order valence-corrected chi connectivity index (χ2v) is 3.22. The van der Waals surface area contributed by atoms with Gasteiger partial charge in [-0.1, -0.05) is 13.8 Å².